The summed E-state index contributed by atoms with van der Waals surface area (Å²) < 4.78 is 12.6. The lowest BCUT2D eigenvalue weighted by Crippen LogP contribution is -2.05. The number of ether oxygens (including phenoxy) is 2. The molecule has 3 aromatic carbocycles. The van der Waals surface area contributed by atoms with Crippen molar-refractivity contribution in [3.05, 3.63) is 91.4 Å². The minimum absolute atomic E-state index is 0.0561. The van der Waals surface area contributed by atoms with Gasteiger partial charge in [0.2, 0.25) is 0 Å². The first-order chi connectivity index (χ1) is 14.9. The van der Waals surface area contributed by atoms with Gasteiger partial charge in [-0.3, -0.25) is 10.1 Å². The second-order valence-corrected chi connectivity index (χ2v) is 8.01. The third-order valence-electron chi connectivity index (χ3n) is 4.99. The molecule has 7 heteroatoms. The Bertz CT molecular complexity index is 1070. The predicted molar refractivity (Wildman–Crippen MR) is 126 cm³/mol. The number of rotatable bonds is 9. The smallest absolute Gasteiger partial charge is 0.269 e. The lowest BCUT2D eigenvalue weighted by atomic mass is 10.1. The Morgan fingerprint density at radius 1 is 1.03 bits per heavy atom. The molecule has 162 valence electrons. The molecule has 0 saturated carbocycles. The van der Waals surface area contributed by atoms with Crippen LogP contribution in [0.2, 0.25) is 0 Å². The van der Waals surface area contributed by atoms with Gasteiger partial charge in [0.05, 0.1) is 16.0 Å². The van der Waals surface area contributed by atoms with E-state index >= 15 is 0 Å². The van der Waals surface area contributed by atoms with Crippen LogP contribution >= 0.6 is 15.9 Å². The summed E-state index contributed by atoms with van der Waals surface area (Å²) in [6.07, 6.45) is 0. The van der Waals surface area contributed by atoms with Gasteiger partial charge in [0.15, 0.2) is 11.5 Å². The van der Waals surface area contributed by atoms with Crippen LogP contribution < -0.4 is 14.8 Å². The van der Waals surface area contributed by atoms with Crippen molar-refractivity contribution < 1.29 is 14.4 Å². The normalized spacial score (nSPS) is 10.6. The Labute approximate surface area is 190 Å². The fourth-order valence-corrected chi connectivity index (χ4v) is 3.74. The molecule has 0 aliphatic carbocycles. The van der Waals surface area contributed by atoms with Crippen molar-refractivity contribution in [2.75, 3.05) is 11.9 Å². The summed E-state index contributed by atoms with van der Waals surface area (Å²) in [5.74, 6) is 1.26. The van der Waals surface area contributed by atoms with E-state index in [1.165, 1.54) is 23.3 Å². The Kier molecular flexibility index (Phi) is 7.52. The molecule has 0 aliphatic heterocycles. The lowest BCUT2D eigenvalue weighted by molar-refractivity contribution is -0.384. The summed E-state index contributed by atoms with van der Waals surface area (Å²) in [7, 11) is 0. The maximum atomic E-state index is 10.8. The third-order valence-corrected chi connectivity index (χ3v) is 5.58. The summed E-state index contributed by atoms with van der Waals surface area (Å²) in [5, 5.41) is 14.3. The summed E-state index contributed by atoms with van der Waals surface area (Å²) in [4.78, 5) is 10.4. The number of nitro benzene ring substituents is 1. The Morgan fingerprint density at radius 3 is 2.45 bits per heavy atom. The molecule has 0 amide bonds. The molecule has 6 nitrogen and oxygen atoms in total. The van der Waals surface area contributed by atoms with Gasteiger partial charge in [0.25, 0.3) is 5.69 Å². The molecule has 1 N–H and O–H groups in total. The molecule has 0 fully saturated rings. The first kappa shape index (κ1) is 22.6. The average Bonchev–Trinajstić information content (AvgIpc) is 2.74. The van der Waals surface area contributed by atoms with Gasteiger partial charge in [-0.05, 0) is 89.3 Å². The molecule has 0 saturated heterocycles. The molecule has 3 aromatic rings. The minimum atomic E-state index is -0.417. The number of nitrogens with zero attached hydrogens (tertiary/aromatic N) is 1. The largest absolute Gasteiger partial charge is 0.490 e. The van der Waals surface area contributed by atoms with Crippen LogP contribution in [0.1, 0.15) is 29.2 Å². The molecular formula is C24H25BrN2O4. The predicted octanol–water partition coefficient (Wildman–Crippen LogP) is 6.56. The zero-order valence-electron chi connectivity index (χ0n) is 17.8. The molecule has 0 heterocycles. The Hall–Kier alpha value is -3.06. The van der Waals surface area contributed by atoms with Gasteiger partial charge in [0, 0.05) is 24.4 Å². The molecule has 0 aliphatic rings. The first-order valence-electron chi connectivity index (χ1n) is 10.0. The second kappa shape index (κ2) is 10.3. The monoisotopic (exact) mass is 484 g/mol. The number of anilines is 1. The van der Waals surface area contributed by atoms with Crippen molar-refractivity contribution in [3.8, 4) is 11.5 Å². The number of nitrogens with one attached hydrogen (secondary N) is 1. The highest BCUT2D eigenvalue weighted by Gasteiger charge is 2.14. The van der Waals surface area contributed by atoms with Gasteiger partial charge in [-0.15, -0.1) is 0 Å². The van der Waals surface area contributed by atoms with Gasteiger partial charge in [-0.1, -0.05) is 12.1 Å². The van der Waals surface area contributed by atoms with Gasteiger partial charge >= 0.3 is 0 Å². The van der Waals surface area contributed by atoms with E-state index in [1.807, 2.05) is 25.1 Å². The number of hydrogen-bond donors (Lipinski definition) is 1. The van der Waals surface area contributed by atoms with Crippen molar-refractivity contribution in [2.24, 2.45) is 0 Å². The van der Waals surface area contributed by atoms with Crippen molar-refractivity contribution in [1.29, 1.82) is 0 Å². The van der Waals surface area contributed by atoms with Crippen LogP contribution in [0.3, 0.4) is 0 Å². The fraction of sp³-hybridized carbons (Fsp3) is 0.250. The summed E-state index contributed by atoms with van der Waals surface area (Å²) in [6.45, 7) is 7.56. The topological polar surface area (TPSA) is 73.6 Å². The number of nitro groups is 1. The Morgan fingerprint density at radius 2 is 1.77 bits per heavy atom. The van der Waals surface area contributed by atoms with Crippen LogP contribution in [0, 0.1) is 24.0 Å². The maximum absolute atomic E-state index is 10.8. The summed E-state index contributed by atoms with van der Waals surface area (Å²) in [5.41, 5.74) is 5.53. The lowest BCUT2D eigenvalue weighted by Gasteiger charge is -2.17. The van der Waals surface area contributed by atoms with Crippen LogP contribution in [-0.4, -0.2) is 11.5 Å². The van der Waals surface area contributed by atoms with Gasteiger partial charge in [0.1, 0.15) is 6.61 Å². The molecule has 0 atom stereocenters. The van der Waals surface area contributed by atoms with Gasteiger partial charge in [-0.25, -0.2) is 0 Å². The molecule has 0 bridgehead atoms. The van der Waals surface area contributed by atoms with E-state index < -0.39 is 4.92 Å². The SMILES string of the molecule is CCOc1cc(CNc2cccc(C)c2C)cc(Br)c1OCc1ccc([N+](=O)[O-])cc1. The molecular weight excluding hydrogens is 460 g/mol. The molecule has 3 rings (SSSR count). The number of non-ortho nitro benzene ring substituents is 1. The third kappa shape index (κ3) is 5.76. The fourth-order valence-electron chi connectivity index (χ4n) is 3.14. The van der Waals surface area contributed by atoms with Crippen LogP contribution in [0.4, 0.5) is 11.4 Å². The standard InChI is InChI=1S/C24H25BrN2O4/c1-4-30-23-13-19(14-26-22-7-5-6-16(2)17(22)3)12-21(25)24(23)31-15-18-8-10-20(11-9-18)27(28)29/h5-13,26H,4,14-15H2,1-3H3. The molecule has 31 heavy (non-hydrogen) atoms. The van der Waals surface area contributed by atoms with E-state index in [-0.39, 0.29) is 12.3 Å². The molecule has 0 spiro atoms. The van der Waals surface area contributed by atoms with E-state index in [0.717, 1.165) is 21.3 Å². The Balaban J connectivity index is 1.75. The highest BCUT2D eigenvalue weighted by Crippen LogP contribution is 2.38. The van der Waals surface area contributed by atoms with Crippen LogP contribution in [0.25, 0.3) is 0 Å². The quantitative estimate of drug-likeness (QED) is 0.274. The van der Waals surface area contributed by atoms with E-state index in [1.54, 1.807) is 12.1 Å². The average molecular weight is 485 g/mol. The highest BCUT2D eigenvalue weighted by atomic mass is 79.9. The van der Waals surface area contributed by atoms with Crippen molar-refractivity contribution in [1.82, 2.24) is 0 Å². The van der Waals surface area contributed by atoms with E-state index in [0.29, 0.717) is 24.7 Å². The van der Waals surface area contributed by atoms with E-state index in [4.69, 9.17) is 9.47 Å². The van der Waals surface area contributed by atoms with Gasteiger partial charge < -0.3 is 14.8 Å². The number of benzene rings is 3. The molecule has 0 aromatic heterocycles. The number of halogens is 1. The van der Waals surface area contributed by atoms with Crippen molar-refractivity contribution in [2.45, 2.75) is 33.9 Å². The zero-order chi connectivity index (χ0) is 22.4. The maximum Gasteiger partial charge on any atom is 0.269 e. The minimum Gasteiger partial charge on any atom is -0.490 e. The van der Waals surface area contributed by atoms with E-state index in [2.05, 4.69) is 47.2 Å². The van der Waals surface area contributed by atoms with Crippen molar-refractivity contribution in [3.63, 3.8) is 0 Å². The van der Waals surface area contributed by atoms with Crippen LogP contribution in [0.15, 0.2) is 59.1 Å². The number of aryl methyl sites for hydroxylation is 1. The summed E-state index contributed by atoms with van der Waals surface area (Å²) in [6, 6.07) is 16.5. The van der Waals surface area contributed by atoms with E-state index in [9.17, 15) is 10.1 Å². The van der Waals surface area contributed by atoms with Crippen LogP contribution in [0.5, 0.6) is 11.5 Å². The molecule has 0 unspecified atom stereocenters. The highest BCUT2D eigenvalue weighted by molar-refractivity contribution is 9.10. The number of hydrogen-bond acceptors (Lipinski definition) is 5. The first-order valence-corrected chi connectivity index (χ1v) is 10.8. The molecule has 0 radical (unpaired) electrons. The second-order valence-electron chi connectivity index (χ2n) is 7.15. The van der Waals surface area contributed by atoms with Crippen LogP contribution in [-0.2, 0) is 13.2 Å². The van der Waals surface area contributed by atoms with Gasteiger partial charge in [-0.2, -0.15) is 0 Å². The zero-order valence-corrected chi connectivity index (χ0v) is 19.4. The van der Waals surface area contributed by atoms with Crippen molar-refractivity contribution >= 4 is 27.3 Å². The summed E-state index contributed by atoms with van der Waals surface area (Å²) >= 11 is 3.60.